The summed E-state index contributed by atoms with van der Waals surface area (Å²) in [5.74, 6) is -2.46. The predicted octanol–water partition coefficient (Wildman–Crippen LogP) is 0.534. The molecule has 0 bridgehead atoms. The summed E-state index contributed by atoms with van der Waals surface area (Å²) < 4.78 is 25.2. The van der Waals surface area contributed by atoms with Crippen molar-refractivity contribution in [1.82, 2.24) is 4.47 Å². The van der Waals surface area contributed by atoms with E-state index >= 15 is 0 Å². The van der Waals surface area contributed by atoms with Gasteiger partial charge in [-0.25, -0.2) is 18.0 Å². The average molecular weight is 321 g/mol. The summed E-state index contributed by atoms with van der Waals surface area (Å²) in [6.07, 6.45) is -1.16. The van der Waals surface area contributed by atoms with Crippen LogP contribution < -0.4 is 0 Å². The van der Waals surface area contributed by atoms with E-state index in [0.29, 0.717) is 9.35 Å². The van der Waals surface area contributed by atoms with Gasteiger partial charge in [-0.15, -0.1) is 11.3 Å². The maximum absolute atomic E-state index is 12.3. The summed E-state index contributed by atoms with van der Waals surface area (Å²) in [5.41, 5.74) is 0. The molecule has 8 nitrogen and oxygen atoms in total. The maximum Gasteiger partial charge on any atom is 0.345 e. The number of rotatable bonds is 4. The van der Waals surface area contributed by atoms with Crippen molar-refractivity contribution in [2.24, 2.45) is 0 Å². The zero-order valence-corrected chi connectivity index (χ0v) is 11.9. The van der Waals surface area contributed by atoms with Gasteiger partial charge in [0.25, 0.3) is 10.0 Å². The Morgan fingerprint density at radius 2 is 2.10 bits per heavy atom. The van der Waals surface area contributed by atoms with Crippen molar-refractivity contribution in [3.8, 4) is 0 Å². The number of aliphatic carboxylic acids is 1. The number of hydrogen-bond acceptors (Lipinski definition) is 6. The second-order valence-corrected chi connectivity index (χ2v) is 7.14. The van der Waals surface area contributed by atoms with E-state index in [0.717, 1.165) is 17.4 Å². The van der Waals surface area contributed by atoms with E-state index in [1.54, 1.807) is 0 Å². The number of sulfonamides is 1. The van der Waals surface area contributed by atoms with Gasteiger partial charge in [0.15, 0.2) is 6.10 Å². The Hall–Kier alpha value is -1.49. The molecule has 10 heteroatoms. The topological polar surface area (TPSA) is 121 Å². The Morgan fingerprint density at radius 1 is 1.45 bits per heavy atom. The van der Waals surface area contributed by atoms with Gasteiger partial charge in [0, 0.05) is 17.8 Å². The van der Waals surface area contributed by atoms with Crippen LogP contribution in [0, 0.1) is 6.92 Å². The van der Waals surface area contributed by atoms with Crippen molar-refractivity contribution in [3.05, 3.63) is 15.8 Å². The Kier molecular flexibility index (Phi) is 3.82. The molecular weight excluding hydrogens is 310 g/mol. The molecule has 0 aliphatic carbocycles. The predicted molar refractivity (Wildman–Crippen MR) is 67.0 cm³/mol. The van der Waals surface area contributed by atoms with Gasteiger partial charge >= 0.3 is 11.9 Å². The number of hydroxylamine groups is 1. The van der Waals surface area contributed by atoms with E-state index in [1.165, 1.54) is 6.92 Å². The van der Waals surface area contributed by atoms with Crippen molar-refractivity contribution in [2.45, 2.75) is 24.3 Å². The molecule has 1 aromatic rings. The summed E-state index contributed by atoms with van der Waals surface area (Å²) in [6.45, 7) is 1.39. The quantitative estimate of drug-likeness (QED) is 0.829. The molecule has 0 amide bonds. The van der Waals surface area contributed by atoms with Gasteiger partial charge in [-0.1, -0.05) is 4.47 Å². The van der Waals surface area contributed by atoms with Crippen LogP contribution in [0.5, 0.6) is 0 Å². The first-order valence-electron chi connectivity index (χ1n) is 5.49. The molecule has 0 aromatic carbocycles. The highest BCUT2D eigenvalue weighted by atomic mass is 32.2. The third-order valence-electron chi connectivity index (χ3n) is 2.72. The lowest BCUT2D eigenvalue weighted by Crippen LogP contribution is -2.29. The van der Waals surface area contributed by atoms with Gasteiger partial charge in [-0.05, 0) is 13.0 Å². The van der Waals surface area contributed by atoms with Gasteiger partial charge < -0.3 is 10.2 Å². The Morgan fingerprint density at radius 3 is 2.55 bits per heavy atom. The van der Waals surface area contributed by atoms with Gasteiger partial charge in [-0.3, -0.25) is 4.84 Å². The molecule has 1 aromatic heterocycles. The molecule has 1 aliphatic heterocycles. The Bertz CT molecular complexity index is 663. The first-order chi connectivity index (χ1) is 9.23. The Labute approximate surface area is 118 Å². The number of carboxylic acid groups (broad SMARTS) is 2. The minimum absolute atomic E-state index is 0.0452. The molecule has 1 unspecified atom stereocenters. The second kappa shape index (κ2) is 5.13. The van der Waals surface area contributed by atoms with Crippen molar-refractivity contribution in [1.29, 1.82) is 0 Å². The zero-order chi connectivity index (χ0) is 15.1. The summed E-state index contributed by atoms with van der Waals surface area (Å²) in [4.78, 5) is 26.5. The number of aromatic carboxylic acids is 1. The fourth-order valence-electron chi connectivity index (χ4n) is 1.75. The fraction of sp³-hybridized carbons (Fsp3) is 0.400. The van der Waals surface area contributed by atoms with Crippen LogP contribution in [0.4, 0.5) is 0 Å². The SMILES string of the molecule is Cc1sc(C(=O)O)cc1S(=O)(=O)N1CCC(C(=O)O)O1. The summed E-state index contributed by atoms with van der Waals surface area (Å²) in [6, 6.07) is 1.05. The van der Waals surface area contributed by atoms with Crippen LogP contribution in [0.2, 0.25) is 0 Å². The third-order valence-corrected chi connectivity index (χ3v) is 5.68. The summed E-state index contributed by atoms with van der Waals surface area (Å²) in [5, 5.41) is 17.6. The van der Waals surface area contributed by atoms with E-state index in [-0.39, 0.29) is 22.7 Å². The Balaban J connectivity index is 2.32. The monoisotopic (exact) mass is 321 g/mol. The lowest BCUT2D eigenvalue weighted by atomic mass is 10.3. The standard InChI is InChI=1S/C10H11NO7S2/c1-5-8(4-7(19-5)10(14)15)20(16,17)11-3-2-6(18-11)9(12)13/h4,6H,2-3H2,1H3,(H,12,13)(H,14,15). The fourth-order valence-corrected chi connectivity index (χ4v) is 4.43. The molecule has 1 aliphatic rings. The lowest BCUT2D eigenvalue weighted by Gasteiger charge is -2.14. The van der Waals surface area contributed by atoms with Crippen LogP contribution in [-0.2, 0) is 19.7 Å². The lowest BCUT2D eigenvalue weighted by molar-refractivity contribution is -0.159. The van der Waals surface area contributed by atoms with E-state index in [1.807, 2.05) is 0 Å². The normalized spacial score (nSPS) is 20.1. The molecule has 1 fully saturated rings. The maximum atomic E-state index is 12.3. The van der Waals surface area contributed by atoms with Crippen LogP contribution in [0.3, 0.4) is 0 Å². The molecule has 110 valence electrons. The number of thiophene rings is 1. The minimum Gasteiger partial charge on any atom is -0.479 e. The van der Waals surface area contributed by atoms with Gasteiger partial charge in [0.2, 0.25) is 0 Å². The zero-order valence-electron chi connectivity index (χ0n) is 10.3. The summed E-state index contributed by atoms with van der Waals surface area (Å²) >= 11 is 0.838. The molecule has 0 radical (unpaired) electrons. The number of nitrogens with zero attached hydrogens (tertiary/aromatic N) is 1. The smallest absolute Gasteiger partial charge is 0.345 e. The minimum atomic E-state index is -4.05. The third kappa shape index (κ3) is 2.54. The molecular formula is C10H11NO7S2. The van der Waals surface area contributed by atoms with Crippen molar-refractivity contribution < 1.29 is 33.1 Å². The number of carboxylic acids is 2. The highest BCUT2D eigenvalue weighted by Crippen LogP contribution is 2.30. The van der Waals surface area contributed by atoms with E-state index in [9.17, 15) is 18.0 Å². The first kappa shape index (κ1) is 14.9. The largest absolute Gasteiger partial charge is 0.479 e. The number of carbonyl (C=O) groups is 2. The van der Waals surface area contributed by atoms with Gasteiger partial charge in [-0.2, -0.15) is 0 Å². The molecule has 0 saturated carbocycles. The molecule has 20 heavy (non-hydrogen) atoms. The van der Waals surface area contributed by atoms with Crippen LogP contribution in [0.1, 0.15) is 21.0 Å². The molecule has 2 heterocycles. The molecule has 1 saturated heterocycles. The van der Waals surface area contributed by atoms with E-state index < -0.39 is 28.1 Å². The van der Waals surface area contributed by atoms with Crippen LogP contribution in [0.25, 0.3) is 0 Å². The number of aryl methyl sites for hydroxylation is 1. The van der Waals surface area contributed by atoms with Crippen LogP contribution >= 0.6 is 11.3 Å². The van der Waals surface area contributed by atoms with E-state index in [2.05, 4.69) is 0 Å². The van der Waals surface area contributed by atoms with Gasteiger partial charge in [0.05, 0.1) is 4.90 Å². The van der Waals surface area contributed by atoms with Crippen LogP contribution in [-0.4, -0.2) is 47.7 Å². The van der Waals surface area contributed by atoms with Gasteiger partial charge in [0.1, 0.15) is 4.88 Å². The van der Waals surface area contributed by atoms with Crippen LogP contribution in [0.15, 0.2) is 11.0 Å². The van der Waals surface area contributed by atoms with Crippen molar-refractivity contribution in [3.63, 3.8) is 0 Å². The second-order valence-electron chi connectivity index (χ2n) is 4.09. The highest BCUT2D eigenvalue weighted by molar-refractivity contribution is 7.89. The molecule has 2 N–H and O–H groups in total. The van der Waals surface area contributed by atoms with Crippen molar-refractivity contribution >= 4 is 33.3 Å². The van der Waals surface area contributed by atoms with E-state index in [4.69, 9.17) is 15.1 Å². The molecule has 1 atom stereocenters. The first-order valence-corrected chi connectivity index (χ1v) is 7.75. The number of hydrogen-bond donors (Lipinski definition) is 2. The molecule has 0 spiro atoms. The highest BCUT2D eigenvalue weighted by Gasteiger charge is 2.38. The average Bonchev–Trinajstić information content (AvgIpc) is 2.94. The van der Waals surface area contributed by atoms with Crippen molar-refractivity contribution in [2.75, 3.05) is 6.54 Å². The summed E-state index contributed by atoms with van der Waals surface area (Å²) in [7, 11) is -4.05. The molecule has 2 rings (SSSR count).